The van der Waals surface area contributed by atoms with Gasteiger partial charge in [-0.1, -0.05) is 24.1 Å². The van der Waals surface area contributed by atoms with E-state index in [4.69, 9.17) is 4.74 Å². The van der Waals surface area contributed by atoms with E-state index in [2.05, 4.69) is 26.8 Å². The molecule has 1 aliphatic heterocycles. The molecule has 0 spiro atoms. The number of hydrogen-bond acceptors (Lipinski definition) is 6. The highest BCUT2D eigenvalue weighted by molar-refractivity contribution is 5.76. The van der Waals surface area contributed by atoms with Crippen molar-refractivity contribution in [3.05, 3.63) is 54.2 Å². The number of aliphatic hydroxyl groups is 2. The molecule has 2 N–H and O–H groups in total. The van der Waals surface area contributed by atoms with Crippen LogP contribution in [-0.2, 0) is 4.74 Å². The summed E-state index contributed by atoms with van der Waals surface area (Å²) >= 11 is 0. The molecular weight excluding hydrogens is 320 g/mol. The lowest BCUT2D eigenvalue weighted by Crippen LogP contribution is -2.30. The smallest absolute Gasteiger partial charge is 0.166 e. The van der Waals surface area contributed by atoms with Crippen LogP contribution in [0.2, 0.25) is 0 Å². The molecule has 0 saturated carbocycles. The maximum Gasteiger partial charge on any atom is 0.166 e. The summed E-state index contributed by atoms with van der Waals surface area (Å²) in [5.41, 5.74) is 2.39. The van der Waals surface area contributed by atoms with E-state index in [-0.39, 0.29) is 0 Å². The molecule has 3 aromatic rings. The Hall–Kier alpha value is -2.79. The van der Waals surface area contributed by atoms with Gasteiger partial charge in [0.1, 0.15) is 29.7 Å². The summed E-state index contributed by atoms with van der Waals surface area (Å²) in [7, 11) is 0. The molecule has 7 nitrogen and oxygen atoms in total. The van der Waals surface area contributed by atoms with Crippen molar-refractivity contribution < 1.29 is 14.9 Å². The third kappa shape index (κ3) is 2.76. The maximum atomic E-state index is 10.2. The zero-order valence-corrected chi connectivity index (χ0v) is 13.4. The van der Waals surface area contributed by atoms with Crippen LogP contribution in [0.5, 0.6) is 0 Å². The van der Waals surface area contributed by atoms with Crippen molar-refractivity contribution in [3.63, 3.8) is 0 Å². The number of nitrogens with zero attached hydrogens (tertiary/aromatic N) is 4. The number of rotatable bonds is 1. The van der Waals surface area contributed by atoms with Crippen molar-refractivity contribution in [3.8, 4) is 11.8 Å². The van der Waals surface area contributed by atoms with Crippen molar-refractivity contribution in [2.24, 2.45) is 0 Å². The monoisotopic (exact) mass is 336 g/mol. The van der Waals surface area contributed by atoms with Gasteiger partial charge >= 0.3 is 0 Å². The van der Waals surface area contributed by atoms with Crippen molar-refractivity contribution in [2.75, 3.05) is 0 Å². The molecular formula is C18H16N4O3. The molecule has 0 amide bonds. The van der Waals surface area contributed by atoms with E-state index >= 15 is 0 Å². The molecule has 2 aromatic heterocycles. The molecule has 1 fully saturated rings. The van der Waals surface area contributed by atoms with E-state index in [1.165, 1.54) is 12.7 Å². The summed E-state index contributed by atoms with van der Waals surface area (Å²) in [5.74, 6) is 6.05. The van der Waals surface area contributed by atoms with Gasteiger partial charge in [0, 0.05) is 5.56 Å². The van der Waals surface area contributed by atoms with Crippen molar-refractivity contribution >= 4 is 11.2 Å². The quantitative estimate of drug-likeness (QED) is 0.641. The van der Waals surface area contributed by atoms with Gasteiger partial charge < -0.3 is 14.9 Å². The summed E-state index contributed by atoms with van der Waals surface area (Å²) in [6.45, 7) is 1.71. The number of ether oxygens (including phenoxy) is 1. The fraction of sp³-hybridized carbons (Fsp3) is 0.278. The third-order valence-electron chi connectivity index (χ3n) is 4.21. The Morgan fingerprint density at radius 2 is 1.84 bits per heavy atom. The van der Waals surface area contributed by atoms with Crippen molar-refractivity contribution in [1.82, 2.24) is 19.5 Å². The number of aliphatic hydroxyl groups excluding tert-OH is 2. The largest absolute Gasteiger partial charge is 0.388 e. The predicted molar refractivity (Wildman–Crippen MR) is 89.3 cm³/mol. The summed E-state index contributed by atoms with van der Waals surface area (Å²) in [4.78, 5) is 12.8. The first-order chi connectivity index (χ1) is 12.1. The normalized spacial score (nSPS) is 25.7. The number of imidazole rings is 1. The lowest BCUT2D eigenvalue weighted by atomic mass is 10.1. The Balaban J connectivity index is 1.73. The summed E-state index contributed by atoms with van der Waals surface area (Å²) < 4.78 is 7.23. The van der Waals surface area contributed by atoms with Crippen LogP contribution in [0.25, 0.3) is 11.2 Å². The molecule has 4 rings (SSSR count). The van der Waals surface area contributed by atoms with Gasteiger partial charge in [-0.05, 0) is 25.0 Å². The van der Waals surface area contributed by atoms with Crippen LogP contribution in [0.3, 0.4) is 0 Å². The van der Waals surface area contributed by atoms with E-state index < -0.39 is 24.5 Å². The van der Waals surface area contributed by atoms with Crippen LogP contribution in [0.4, 0.5) is 0 Å². The zero-order valence-electron chi connectivity index (χ0n) is 13.4. The Morgan fingerprint density at radius 1 is 1.04 bits per heavy atom. The molecule has 126 valence electrons. The van der Waals surface area contributed by atoms with E-state index in [9.17, 15) is 10.2 Å². The predicted octanol–water partition coefficient (Wildman–Crippen LogP) is 0.865. The van der Waals surface area contributed by atoms with Gasteiger partial charge in [-0.2, -0.15) is 0 Å². The highest BCUT2D eigenvalue weighted by atomic mass is 16.6. The van der Waals surface area contributed by atoms with Crippen LogP contribution in [-0.4, -0.2) is 48.0 Å². The second-order valence-electron chi connectivity index (χ2n) is 5.88. The van der Waals surface area contributed by atoms with Gasteiger partial charge in [-0.25, -0.2) is 15.0 Å². The molecule has 0 radical (unpaired) electrons. The SMILES string of the molecule is C[C@H]1O[C@@H](n2cnc3c(C#Cc4ccccc4)ncnc32)[C@H](O)[C@@H]1O. The van der Waals surface area contributed by atoms with Crippen LogP contribution in [0.1, 0.15) is 24.4 Å². The standard InChI is InChI=1S/C18H16N4O3/c1-11-15(23)16(24)18(25-11)22-10-21-14-13(19-9-20-17(14)22)8-7-12-5-3-2-4-6-12/h2-6,9-11,15-16,18,23-24H,1H3/t11-,15-,16-,18-/m1/s1. The van der Waals surface area contributed by atoms with Gasteiger partial charge in [0.05, 0.1) is 12.4 Å². The summed E-state index contributed by atoms with van der Waals surface area (Å²) in [6, 6.07) is 9.59. The van der Waals surface area contributed by atoms with Crippen LogP contribution < -0.4 is 0 Å². The molecule has 1 aliphatic rings. The lowest BCUT2D eigenvalue weighted by Gasteiger charge is -2.16. The summed E-state index contributed by atoms with van der Waals surface area (Å²) in [5, 5.41) is 20.1. The van der Waals surface area contributed by atoms with Crippen LogP contribution in [0, 0.1) is 11.8 Å². The zero-order chi connectivity index (χ0) is 17.4. The number of benzene rings is 1. The summed E-state index contributed by atoms with van der Waals surface area (Å²) in [6.07, 6.45) is -0.318. The van der Waals surface area contributed by atoms with Gasteiger partial charge in [-0.3, -0.25) is 4.57 Å². The number of aromatic nitrogens is 4. The second kappa shape index (κ2) is 6.26. The second-order valence-corrected chi connectivity index (χ2v) is 5.88. The minimum atomic E-state index is -1.05. The van der Waals surface area contributed by atoms with E-state index in [1.807, 2.05) is 30.3 Å². The van der Waals surface area contributed by atoms with E-state index in [0.29, 0.717) is 16.9 Å². The molecule has 1 saturated heterocycles. The average molecular weight is 336 g/mol. The molecule has 7 heteroatoms. The highest BCUT2D eigenvalue weighted by Gasteiger charge is 2.42. The molecule has 3 heterocycles. The Bertz CT molecular complexity index is 961. The maximum absolute atomic E-state index is 10.2. The Kier molecular flexibility index (Phi) is 3.93. The van der Waals surface area contributed by atoms with Gasteiger partial charge in [-0.15, -0.1) is 0 Å². The Morgan fingerprint density at radius 3 is 2.56 bits per heavy atom. The topological polar surface area (TPSA) is 93.3 Å². The van der Waals surface area contributed by atoms with Crippen LogP contribution in [0.15, 0.2) is 43.0 Å². The van der Waals surface area contributed by atoms with Crippen molar-refractivity contribution in [1.29, 1.82) is 0 Å². The molecule has 1 aromatic carbocycles. The first-order valence-electron chi connectivity index (χ1n) is 7.91. The van der Waals surface area contributed by atoms with E-state index in [1.54, 1.807) is 11.5 Å². The van der Waals surface area contributed by atoms with Gasteiger partial charge in [0.15, 0.2) is 11.9 Å². The highest BCUT2D eigenvalue weighted by Crippen LogP contribution is 2.31. The minimum Gasteiger partial charge on any atom is -0.388 e. The average Bonchev–Trinajstić information content (AvgIpc) is 3.18. The molecule has 4 atom stereocenters. The molecule has 0 unspecified atom stereocenters. The van der Waals surface area contributed by atoms with Crippen molar-refractivity contribution in [2.45, 2.75) is 31.5 Å². The van der Waals surface area contributed by atoms with Crippen LogP contribution >= 0.6 is 0 Å². The first-order valence-corrected chi connectivity index (χ1v) is 7.91. The minimum absolute atomic E-state index is 0.475. The number of fused-ring (bicyclic) bond motifs is 1. The molecule has 0 bridgehead atoms. The molecule has 0 aliphatic carbocycles. The van der Waals surface area contributed by atoms with Gasteiger partial charge in [0.2, 0.25) is 0 Å². The first kappa shape index (κ1) is 15.7. The number of hydrogen-bond donors (Lipinski definition) is 2. The third-order valence-corrected chi connectivity index (χ3v) is 4.21. The Labute approximate surface area is 143 Å². The van der Waals surface area contributed by atoms with E-state index in [0.717, 1.165) is 5.56 Å². The van der Waals surface area contributed by atoms with Gasteiger partial charge in [0.25, 0.3) is 0 Å². The molecule has 25 heavy (non-hydrogen) atoms. The lowest BCUT2D eigenvalue weighted by molar-refractivity contribution is -0.0299. The fourth-order valence-electron chi connectivity index (χ4n) is 2.84. The fourth-order valence-corrected chi connectivity index (χ4v) is 2.84.